The van der Waals surface area contributed by atoms with Gasteiger partial charge in [0.2, 0.25) is 0 Å². The van der Waals surface area contributed by atoms with E-state index in [4.69, 9.17) is 0 Å². The standard InChI is InChI=1S/C15H19BrN2S/c1-19-10-3-2-8-17-11-12-6-7-14(16)13-5-4-9-18-15(12)13/h4-7,9,17H,2-3,8,10-11H2,1H3. The summed E-state index contributed by atoms with van der Waals surface area (Å²) in [7, 11) is 0. The lowest BCUT2D eigenvalue weighted by molar-refractivity contribution is 0.645. The van der Waals surface area contributed by atoms with E-state index >= 15 is 0 Å². The minimum Gasteiger partial charge on any atom is -0.313 e. The molecule has 1 aromatic heterocycles. The highest BCUT2D eigenvalue weighted by Crippen LogP contribution is 2.25. The number of fused-ring (bicyclic) bond motifs is 1. The first-order chi connectivity index (χ1) is 9.33. The second-order valence-corrected chi connectivity index (χ2v) is 6.32. The summed E-state index contributed by atoms with van der Waals surface area (Å²) in [5.41, 5.74) is 2.36. The molecule has 19 heavy (non-hydrogen) atoms. The lowest BCUT2D eigenvalue weighted by atomic mass is 10.1. The van der Waals surface area contributed by atoms with E-state index in [0.29, 0.717) is 0 Å². The maximum Gasteiger partial charge on any atom is 0.0758 e. The molecule has 0 fully saturated rings. The summed E-state index contributed by atoms with van der Waals surface area (Å²) < 4.78 is 1.11. The Morgan fingerprint density at radius 2 is 2.16 bits per heavy atom. The molecule has 0 radical (unpaired) electrons. The predicted octanol–water partition coefficient (Wildman–Crippen LogP) is 4.23. The van der Waals surface area contributed by atoms with Crippen LogP contribution in [-0.2, 0) is 6.54 Å². The molecule has 0 amide bonds. The first kappa shape index (κ1) is 14.8. The second kappa shape index (κ2) is 7.88. The number of hydrogen-bond acceptors (Lipinski definition) is 3. The Bertz CT molecular complexity index is 531. The number of benzene rings is 1. The average Bonchev–Trinajstić information content (AvgIpc) is 2.45. The third kappa shape index (κ3) is 4.20. The first-order valence-electron chi connectivity index (χ1n) is 6.54. The number of pyridine rings is 1. The molecule has 2 aromatic rings. The zero-order valence-corrected chi connectivity index (χ0v) is 13.6. The monoisotopic (exact) mass is 338 g/mol. The van der Waals surface area contributed by atoms with Crippen molar-refractivity contribution < 1.29 is 0 Å². The van der Waals surface area contributed by atoms with Crippen molar-refractivity contribution in [3.05, 3.63) is 40.5 Å². The van der Waals surface area contributed by atoms with Crippen molar-refractivity contribution in [2.75, 3.05) is 18.6 Å². The summed E-state index contributed by atoms with van der Waals surface area (Å²) in [4.78, 5) is 4.50. The van der Waals surface area contributed by atoms with E-state index < -0.39 is 0 Å². The van der Waals surface area contributed by atoms with E-state index in [0.717, 1.165) is 23.1 Å². The minimum absolute atomic E-state index is 0.889. The summed E-state index contributed by atoms with van der Waals surface area (Å²) in [5, 5.41) is 4.69. The third-order valence-electron chi connectivity index (χ3n) is 3.07. The van der Waals surface area contributed by atoms with Crippen LogP contribution in [0.5, 0.6) is 0 Å². The van der Waals surface area contributed by atoms with Crippen molar-refractivity contribution in [3.8, 4) is 0 Å². The summed E-state index contributed by atoms with van der Waals surface area (Å²) in [6, 6.07) is 8.34. The zero-order chi connectivity index (χ0) is 13.5. The number of nitrogens with zero attached hydrogens (tertiary/aromatic N) is 1. The van der Waals surface area contributed by atoms with Crippen LogP contribution in [0.4, 0.5) is 0 Å². The quantitative estimate of drug-likeness (QED) is 0.764. The summed E-state index contributed by atoms with van der Waals surface area (Å²) in [5.74, 6) is 1.25. The van der Waals surface area contributed by atoms with Gasteiger partial charge in [-0.1, -0.05) is 28.1 Å². The molecule has 0 aliphatic heterocycles. The largest absolute Gasteiger partial charge is 0.313 e. The number of aromatic nitrogens is 1. The summed E-state index contributed by atoms with van der Waals surface area (Å²) in [6.07, 6.45) is 6.54. The highest BCUT2D eigenvalue weighted by Gasteiger charge is 2.04. The van der Waals surface area contributed by atoms with Gasteiger partial charge in [-0.05, 0) is 49.1 Å². The lowest BCUT2D eigenvalue weighted by Crippen LogP contribution is -2.15. The molecule has 2 rings (SSSR count). The van der Waals surface area contributed by atoms with Crippen molar-refractivity contribution in [3.63, 3.8) is 0 Å². The van der Waals surface area contributed by atoms with Crippen molar-refractivity contribution in [1.29, 1.82) is 0 Å². The van der Waals surface area contributed by atoms with Crippen LogP contribution in [0, 0.1) is 0 Å². The van der Waals surface area contributed by atoms with E-state index in [9.17, 15) is 0 Å². The third-order valence-corrected chi connectivity index (χ3v) is 4.46. The van der Waals surface area contributed by atoms with Crippen LogP contribution in [0.2, 0.25) is 0 Å². The van der Waals surface area contributed by atoms with Crippen LogP contribution in [0.25, 0.3) is 10.9 Å². The number of rotatable bonds is 7. The zero-order valence-electron chi connectivity index (χ0n) is 11.2. The van der Waals surface area contributed by atoms with Crippen molar-refractivity contribution in [2.45, 2.75) is 19.4 Å². The molecule has 2 nitrogen and oxygen atoms in total. The van der Waals surface area contributed by atoms with Crippen molar-refractivity contribution in [1.82, 2.24) is 10.3 Å². The number of halogens is 1. The molecule has 0 aliphatic carbocycles. The number of unbranched alkanes of at least 4 members (excludes halogenated alkanes) is 1. The van der Waals surface area contributed by atoms with Crippen molar-refractivity contribution in [2.24, 2.45) is 0 Å². The molecule has 0 aliphatic rings. The Hall–Kier alpha value is -0.580. The highest BCUT2D eigenvalue weighted by molar-refractivity contribution is 9.10. The maximum atomic E-state index is 4.50. The smallest absolute Gasteiger partial charge is 0.0758 e. The predicted molar refractivity (Wildman–Crippen MR) is 88.8 cm³/mol. The minimum atomic E-state index is 0.889. The average molecular weight is 339 g/mol. The topological polar surface area (TPSA) is 24.9 Å². The molecule has 1 N–H and O–H groups in total. The van der Waals surface area contributed by atoms with Gasteiger partial charge < -0.3 is 5.32 Å². The molecule has 0 spiro atoms. The van der Waals surface area contributed by atoms with E-state index in [1.807, 2.05) is 24.0 Å². The Kier molecular flexibility index (Phi) is 6.14. The molecule has 102 valence electrons. The molecule has 1 heterocycles. The molecular weight excluding hydrogens is 320 g/mol. The van der Waals surface area contributed by atoms with Gasteiger partial charge in [0, 0.05) is 22.6 Å². The number of hydrogen-bond donors (Lipinski definition) is 1. The first-order valence-corrected chi connectivity index (χ1v) is 8.73. The van der Waals surface area contributed by atoms with Gasteiger partial charge in [-0.3, -0.25) is 4.98 Å². The Balaban J connectivity index is 1.96. The normalized spacial score (nSPS) is 11.1. The molecule has 0 saturated heterocycles. The van der Waals surface area contributed by atoms with Crippen LogP contribution in [0.3, 0.4) is 0 Å². The fourth-order valence-corrected chi connectivity index (χ4v) is 3.00. The summed E-state index contributed by atoms with van der Waals surface area (Å²) in [6.45, 7) is 1.96. The van der Waals surface area contributed by atoms with Crippen LogP contribution >= 0.6 is 27.7 Å². The van der Waals surface area contributed by atoms with Gasteiger partial charge in [0.1, 0.15) is 0 Å². The Morgan fingerprint density at radius 3 is 3.00 bits per heavy atom. The Labute approximate surface area is 127 Å². The van der Waals surface area contributed by atoms with Gasteiger partial charge in [-0.15, -0.1) is 0 Å². The van der Waals surface area contributed by atoms with Gasteiger partial charge in [0.15, 0.2) is 0 Å². The van der Waals surface area contributed by atoms with Gasteiger partial charge >= 0.3 is 0 Å². The molecule has 0 saturated carbocycles. The molecule has 0 bridgehead atoms. The van der Waals surface area contributed by atoms with E-state index in [-0.39, 0.29) is 0 Å². The van der Waals surface area contributed by atoms with Crippen molar-refractivity contribution >= 4 is 38.6 Å². The molecule has 1 aromatic carbocycles. The van der Waals surface area contributed by atoms with Gasteiger partial charge in [-0.25, -0.2) is 0 Å². The molecule has 4 heteroatoms. The van der Waals surface area contributed by atoms with Crippen LogP contribution in [0.1, 0.15) is 18.4 Å². The fourth-order valence-electron chi connectivity index (χ4n) is 2.06. The number of nitrogens with one attached hydrogen (secondary N) is 1. The van der Waals surface area contributed by atoms with Crippen LogP contribution in [0.15, 0.2) is 34.9 Å². The van der Waals surface area contributed by atoms with Gasteiger partial charge in [-0.2, -0.15) is 11.8 Å². The molecule has 0 unspecified atom stereocenters. The fraction of sp³-hybridized carbons (Fsp3) is 0.400. The summed E-state index contributed by atoms with van der Waals surface area (Å²) >= 11 is 5.50. The molecular formula is C15H19BrN2S. The maximum absolute atomic E-state index is 4.50. The van der Waals surface area contributed by atoms with E-state index in [2.05, 4.69) is 50.7 Å². The second-order valence-electron chi connectivity index (χ2n) is 4.48. The molecule has 0 atom stereocenters. The number of thioether (sulfide) groups is 1. The van der Waals surface area contributed by atoms with Gasteiger partial charge in [0.05, 0.1) is 5.52 Å². The highest BCUT2D eigenvalue weighted by atomic mass is 79.9. The van der Waals surface area contributed by atoms with Gasteiger partial charge in [0.25, 0.3) is 0 Å². The van der Waals surface area contributed by atoms with Crippen LogP contribution < -0.4 is 5.32 Å². The van der Waals surface area contributed by atoms with E-state index in [1.54, 1.807) is 0 Å². The lowest BCUT2D eigenvalue weighted by Gasteiger charge is -2.08. The Morgan fingerprint density at radius 1 is 1.26 bits per heavy atom. The SMILES string of the molecule is CSCCCCNCc1ccc(Br)c2cccnc12. The van der Waals surface area contributed by atoms with Crippen LogP contribution in [-0.4, -0.2) is 23.5 Å². The van der Waals surface area contributed by atoms with E-state index in [1.165, 1.54) is 29.5 Å².